The third kappa shape index (κ3) is 2.16. The lowest BCUT2D eigenvalue weighted by molar-refractivity contribution is 0.645. The van der Waals surface area contributed by atoms with Gasteiger partial charge in [-0.15, -0.1) is 0 Å². The molecule has 2 N–H and O–H groups in total. The molecule has 1 saturated heterocycles. The quantitative estimate of drug-likeness (QED) is 0.815. The van der Waals surface area contributed by atoms with Gasteiger partial charge < -0.3 is 10.6 Å². The number of aromatic nitrogens is 1. The summed E-state index contributed by atoms with van der Waals surface area (Å²) < 4.78 is 0. The first-order valence-electron chi connectivity index (χ1n) is 5.75. The van der Waals surface area contributed by atoms with Gasteiger partial charge in [0.1, 0.15) is 4.99 Å². The van der Waals surface area contributed by atoms with E-state index in [1.807, 2.05) is 12.3 Å². The molecule has 2 rings (SSSR count). The van der Waals surface area contributed by atoms with E-state index in [4.69, 9.17) is 18.0 Å². The van der Waals surface area contributed by atoms with Crippen LogP contribution in [-0.4, -0.2) is 22.6 Å². The van der Waals surface area contributed by atoms with Crippen LogP contribution in [0.1, 0.15) is 31.9 Å². The van der Waals surface area contributed by atoms with Crippen LogP contribution in [0.15, 0.2) is 18.3 Å². The molecule has 1 aliphatic rings. The monoisotopic (exact) mass is 235 g/mol. The molecule has 0 aliphatic carbocycles. The Labute approximate surface area is 102 Å². The zero-order chi connectivity index (χ0) is 11.5. The highest BCUT2D eigenvalue weighted by Gasteiger charge is 2.23. The molecule has 3 nitrogen and oxygen atoms in total. The smallest absolute Gasteiger partial charge is 0.122 e. The fourth-order valence-corrected chi connectivity index (χ4v) is 2.42. The summed E-state index contributed by atoms with van der Waals surface area (Å²) in [6.45, 7) is 3.37. The number of nitrogens with two attached hydrogens (primary N) is 1. The summed E-state index contributed by atoms with van der Waals surface area (Å²) in [5.41, 5.74) is 7.41. The minimum Gasteiger partial charge on any atom is -0.388 e. The van der Waals surface area contributed by atoms with Crippen molar-refractivity contribution >= 4 is 22.9 Å². The summed E-state index contributed by atoms with van der Waals surface area (Å²) in [6.07, 6.45) is 5.63. The maximum Gasteiger partial charge on any atom is 0.122 e. The van der Waals surface area contributed by atoms with Gasteiger partial charge in [-0.2, -0.15) is 0 Å². The van der Waals surface area contributed by atoms with Crippen LogP contribution in [-0.2, 0) is 0 Å². The first-order chi connectivity index (χ1) is 7.72. The van der Waals surface area contributed by atoms with E-state index in [1.165, 1.54) is 24.9 Å². The van der Waals surface area contributed by atoms with Gasteiger partial charge in [-0.05, 0) is 31.4 Å². The van der Waals surface area contributed by atoms with Gasteiger partial charge in [-0.3, -0.25) is 4.98 Å². The lowest BCUT2D eigenvalue weighted by atomic mass is 10.1. The van der Waals surface area contributed by atoms with Crippen molar-refractivity contribution in [2.45, 2.75) is 32.2 Å². The molecule has 4 heteroatoms. The van der Waals surface area contributed by atoms with Gasteiger partial charge in [0.25, 0.3) is 0 Å². The second-order valence-corrected chi connectivity index (χ2v) is 4.60. The summed E-state index contributed by atoms with van der Waals surface area (Å²) in [6, 6.07) is 4.63. The van der Waals surface area contributed by atoms with Gasteiger partial charge in [0.05, 0.1) is 17.6 Å². The Kier molecular flexibility index (Phi) is 3.39. The van der Waals surface area contributed by atoms with E-state index < -0.39 is 0 Å². The Morgan fingerprint density at radius 2 is 2.44 bits per heavy atom. The van der Waals surface area contributed by atoms with Crippen LogP contribution in [0.2, 0.25) is 0 Å². The minimum absolute atomic E-state index is 0.361. The zero-order valence-electron chi connectivity index (χ0n) is 9.52. The topological polar surface area (TPSA) is 42.1 Å². The lowest BCUT2D eigenvalue weighted by Crippen LogP contribution is -2.28. The molecule has 1 fully saturated rings. The van der Waals surface area contributed by atoms with Crippen LogP contribution in [0.4, 0.5) is 5.69 Å². The van der Waals surface area contributed by atoms with Crippen molar-refractivity contribution in [1.29, 1.82) is 0 Å². The van der Waals surface area contributed by atoms with Crippen LogP contribution in [0.3, 0.4) is 0 Å². The van der Waals surface area contributed by atoms with Gasteiger partial charge >= 0.3 is 0 Å². The number of nitrogens with zero attached hydrogens (tertiary/aromatic N) is 2. The molecule has 0 saturated carbocycles. The van der Waals surface area contributed by atoms with E-state index in [-0.39, 0.29) is 0 Å². The standard InChI is InChI=1S/C12H17N3S/c1-2-9-4-3-7-15(9)10-5-6-11(12(13)16)14-8-10/h5-6,8-9H,2-4,7H2,1H3,(H2,13,16). The molecular formula is C12H17N3S. The molecule has 1 aliphatic heterocycles. The molecule has 0 spiro atoms. The van der Waals surface area contributed by atoms with Crippen molar-refractivity contribution in [2.75, 3.05) is 11.4 Å². The predicted octanol–water partition coefficient (Wildman–Crippen LogP) is 2.09. The predicted molar refractivity (Wildman–Crippen MR) is 70.8 cm³/mol. The Hall–Kier alpha value is -1.16. The first-order valence-corrected chi connectivity index (χ1v) is 6.15. The highest BCUT2D eigenvalue weighted by atomic mass is 32.1. The molecule has 86 valence electrons. The fraction of sp³-hybridized carbons (Fsp3) is 0.500. The minimum atomic E-state index is 0.361. The van der Waals surface area contributed by atoms with Crippen LogP contribution < -0.4 is 10.6 Å². The fourth-order valence-electron chi connectivity index (χ4n) is 2.30. The van der Waals surface area contributed by atoms with E-state index in [0.717, 1.165) is 6.54 Å². The van der Waals surface area contributed by atoms with E-state index in [0.29, 0.717) is 16.7 Å². The maximum absolute atomic E-state index is 5.53. The molecule has 1 aromatic rings. The molecule has 0 amide bonds. The average Bonchev–Trinajstić information content (AvgIpc) is 2.77. The van der Waals surface area contributed by atoms with Gasteiger partial charge in [-0.25, -0.2) is 0 Å². The van der Waals surface area contributed by atoms with Gasteiger partial charge in [0.2, 0.25) is 0 Å². The Balaban J connectivity index is 2.18. The summed E-state index contributed by atoms with van der Waals surface area (Å²) >= 11 is 4.89. The van der Waals surface area contributed by atoms with E-state index in [2.05, 4.69) is 22.9 Å². The average molecular weight is 235 g/mol. The molecule has 2 heterocycles. The second kappa shape index (κ2) is 4.78. The van der Waals surface area contributed by atoms with Crippen molar-refractivity contribution in [3.63, 3.8) is 0 Å². The molecule has 0 aromatic carbocycles. The molecule has 0 bridgehead atoms. The molecular weight excluding hydrogens is 218 g/mol. The summed E-state index contributed by atoms with van der Waals surface area (Å²) in [5.74, 6) is 0. The highest BCUT2D eigenvalue weighted by molar-refractivity contribution is 7.80. The van der Waals surface area contributed by atoms with Gasteiger partial charge in [0.15, 0.2) is 0 Å². The summed E-state index contributed by atoms with van der Waals surface area (Å²) in [7, 11) is 0. The number of hydrogen-bond acceptors (Lipinski definition) is 3. The number of pyridine rings is 1. The van der Waals surface area contributed by atoms with Crippen molar-refractivity contribution in [3.8, 4) is 0 Å². The zero-order valence-corrected chi connectivity index (χ0v) is 10.3. The van der Waals surface area contributed by atoms with Crippen molar-refractivity contribution in [1.82, 2.24) is 4.98 Å². The molecule has 1 unspecified atom stereocenters. The highest BCUT2D eigenvalue weighted by Crippen LogP contribution is 2.26. The van der Waals surface area contributed by atoms with E-state index in [1.54, 1.807) is 0 Å². The second-order valence-electron chi connectivity index (χ2n) is 4.16. The number of thiocarbonyl (C=S) groups is 1. The number of anilines is 1. The van der Waals surface area contributed by atoms with Gasteiger partial charge in [-0.1, -0.05) is 19.1 Å². The summed E-state index contributed by atoms with van der Waals surface area (Å²) in [5, 5.41) is 0. The largest absolute Gasteiger partial charge is 0.388 e. The van der Waals surface area contributed by atoms with E-state index in [9.17, 15) is 0 Å². The molecule has 1 aromatic heterocycles. The van der Waals surface area contributed by atoms with Crippen LogP contribution in [0.5, 0.6) is 0 Å². The molecule has 0 radical (unpaired) electrons. The summed E-state index contributed by atoms with van der Waals surface area (Å²) in [4.78, 5) is 7.07. The van der Waals surface area contributed by atoms with Crippen LogP contribution in [0.25, 0.3) is 0 Å². The normalized spacial score (nSPS) is 20.1. The SMILES string of the molecule is CCC1CCCN1c1ccc(C(N)=S)nc1. The Morgan fingerprint density at radius 1 is 1.62 bits per heavy atom. The van der Waals surface area contributed by atoms with Crippen LogP contribution >= 0.6 is 12.2 Å². The van der Waals surface area contributed by atoms with E-state index >= 15 is 0 Å². The molecule has 16 heavy (non-hydrogen) atoms. The van der Waals surface area contributed by atoms with Crippen molar-refractivity contribution in [3.05, 3.63) is 24.0 Å². The third-order valence-electron chi connectivity index (χ3n) is 3.18. The Morgan fingerprint density at radius 3 is 3.00 bits per heavy atom. The maximum atomic E-state index is 5.53. The first kappa shape index (κ1) is 11.3. The van der Waals surface area contributed by atoms with Gasteiger partial charge in [0, 0.05) is 12.6 Å². The number of hydrogen-bond donors (Lipinski definition) is 1. The Bertz CT molecular complexity index is 374. The van der Waals surface area contributed by atoms with Crippen molar-refractivity contribution in [2.24, 2.45) is 5.73 Å². The molecule has 1 atom stereocenters. The number of rotatable bonds is 3. The lowest BCUT2D eigenvalue weighted by Gasteiger charge is -2.25. The third-order valence-corrected chi connectivity index (χ3v) is 3.39. The van der Waals surface area contributed by atoms with Crippen molar-refractivity contribution < 1.29 is 0 Å². The van der Waals surface area contributed by atoms with Crippen LogP contribution in [0, 0.1) is 0 Å².